The minimum atomic E-state index is -0.274. The first-order valence-electron chi connectivity index (χ1n) is 8.37. The first kappa shape index (κ1) is 18.7. The van der Waals surface area contributed by atoms with E-state index in [0.717, 1.165) is 38.5 Å². The van der Waals surface area contributed by atoms with Crippen molar-refractivity contribution >= 4 is 0 Å². The van der Waals surface area contributed by atoms with E-state index in [0.29, 0.717) is 6.42 Å². The fourth-order valence-electron chi connectivity index (χ4n) is 2.38. The standard InChI is InChI=1S/C20H30O2/c1-18-12-7-4-2-3-5-8-13-19(18)14-11-16-20(22)15-9-6-10-17-21/h2-3,5,7-8,11-12,14,20-22H,4,6,9-10,13,15-17H2,1H3/b3-2-,8-5-,12-7-,14-11-,19-18+. The molecule has 22 heavy (non-hydrogen) atoms. The van der Waals surface area contributed by atoms with Gasteiger partial charge >= 0.3 is 0 Å². The molecule has 1 rings (SSSR count). The van der Waals surface area contributed by atoms with Gasteiger partial charge in [0.2, 0.25) is 0 Å². The van der Waals surface area contributed by atoms with Crippen LogP contribution in [0.5, 0.6) is 0 Å². The lowest BCUT2D eigenvalue weighted by Gasteiger charge is -2.08. The second kappa shape index (κ2) is 12.2. The topological polar surface area (TPSA) is 40.5 Å². The van der Waals surface area contributed by atoms with Gasteiger partial charge in [0.05, 0.1) is 6.10 Å². The van der Waals surface area contributed by atoms with E-state index in [9.17, 15) is 5.11 Å². The molecule has 0 spiro atoms. The van der Waals surface area contributed by atoms with Crippen LogP contribution in [0.4, 0.5) is 0 Å². The summed E-state index contributed by atoms with van der Waals surface area (Å²) in [4.78, 5) is 0. The molecular formula is C20H30O2. The number of rotatable bonds is 8. The summed E-state index contributed by atoms with van der Waals surface area (Å²) >= 11 is 0. The van der Waals surface area contributed by atoms with Crippen molar-refractivity contribution in [3.8, 4) is 0 Å². The second-order valence-corrected chi connectivity index (χ2v) is 5.77. The maximum absolute atomic E-state index is 9.96. The molecule has 0 fully saturated rings. The van der Waals surface area contributed by atoms with Crippen LogP contribution < -0.4 is 0 Å². The van der Waals surface area contributed by atoms with Gasteiger partial charge in [-0.1, -0.05) is 61.4 Å². The molecule has 0 aromatic heterocycles. The van der Waals surface area contributed by atoms with Gasteiger partial charge in [0.15, 0.2) is 0 Å². The van der Waals surface area contributed by atoms with Crippen molar-refractivity contribution in [3.63, 3.8) is 0 Å². The average Bonchev–Trinajstić information content (AvgIpc) is 2.52. The molecule has 0 saturated heterocycles. The summed E-state index contributed by atoms with van der Waals surface area (Å²) in [6.07, 6.45) is 23.0. The second-order valence-electron chi connectivity index (χ2n) is 5.77. The van der Waals surface area contributed by atoms with E-state index >= 15 is 0 Å². The van der Waals surface area contributed by atoms with Gasteiger partial charge in [-0.2, -0.15) is 0 Å². The van der Waals surface area contributed by atoms with Crippen LogP contribution in [0.3, 0.4) is 0 Å². The first-order chi connectivity index (χ1) is 10.7. The molecule has 2 nitrogen and oxygen atoms in total. The number of hydrogen-bond donors (Lipinski definition) is 2. The third-order valence-corrected chi connectivity index (χ3v) is 3.79. The Bertz CT molecular complexity index is 439. The van der Waals surface area contributed by atoms with E-state index in [4.69, 9.17) is 5.11 Å². The Kier molecular flexibility index (Phi) is 10.3. The van der Waals surface area contributed by atoms with Gasteiger partial charge in [0.1, 0.15) is 0 Å². The summed E-state index contributed by atoms with van der Waals surface area (Å²) in [6.45, 7) is 2.39. The molecule has 1 aliphatic rings. The van der Waals surface area contributed by atoms with Gasteiger partial charge in [0, 0.05) is 6.61 Å². The molecule has 122 valence electrons. The van der Waals surface area contributed by atoms with Crippen LogP contribution in [0.2, 0.25) is 0 Å². The van der Waals surface area contributed by atoms with Gasteiger partial charge in [-0.05, 0) is 50.2 Å². The summed E-state index contributed by atoms with van der Waals surface area (Å²) in [5, 5.41) is 18.7. The highest BCUT2D eigenvalue weighted by atomic mass is 16.3. The van der Waals surface area contributed by atoms with Gasteiger partial charge < -0.3 is 10.2 Å². The molecule has 0 bridgehead atoms. The Morgan fingerprint density at radius 1 is 1.14 bits per heavy atom. The van der Waals surface area contributed by atoms with E-state index < -0.39 is 0 Å². The Morgan fingerprint density at radius 3 is 2.77 bits per heavy atom. The predicted octanol–water partition coefficient (Wildman–Crippen LogP) is 4.63. The number of allylic oxidation sites excluding steroid dienone is 9. The Labute approximate surface area is 135 Å². The lowest BCUT2D eigenvalue weighted by atomic mass is 10.0. The minimum absolute atomic E-state index is 0.250. The van der Waals surface area contributed by atoms with Crippen LogP contribution >= 0.6 is 0 Å². The number of aliphatic hydroxyl groups excluding tert-OH is 2. The molecule has 0 radical (unpaired) electrons. The lowest BCUT2D eigenvalue weighted by molar-refractivity contribution is 0.162. The molecule has 0 heterocycles. The molecule has 2 heteroatoms. The summed E-state index contributed by atoms with van der Waals surface area (Å²) < 4.78 is 0. The molecule has 0 saturated carbocycles. The Morgan fingerprint density at radius 2 is 1.95 bits per heavy atom. The van der Waals surface area contributed by atoms with E-state index in [2.05, 4.69) is 55.5 Å². The maximum Gasteiger partial charge on any atom is 0.0574 e. The summed E-state index contributed by atoms with van der Waals surface area (Å²) in [5.74, 6) is 0. The van der Waals surface area contributed by atoms with Crippen LogP contribution in [-0.4, -0.2) is 22.9 Å². The van der Waals surface area contributed by atoms with Crippen molar-refractivity contribution in [1.82, 2.24) is 0 Å². The van der Waals surface area contributed by atoms with Crippen molar-refractivity contribution < 1.29 is 10.2 Å². The number of unbranched alkanes of at least 4 members (excludes halogenated alkanes) is 2. The highest BCUT2D eigenvalue weighted by Crippen LogP contribution is 2.15. The van der Waals surface area contributed by atoms with Crippen molar-refractivity contribution in [3.05, 3.63) is 59.8 Å². The Hall–Kier alpha value is -1.38. The van der Waals surface area contributed by atoms with Crippen LogP contribution in [0.1, 0.15) is 51.9 Å². The van der Waals surface area contributed by atoms with E-state index in [1.807, 2.05) is 0 Å². The zero-order valence-electron chi connectivity index (χ0n) is 13.7. The van der Waals surface area contributed by atoms with Crippen LogP contribution in [0, 0.1) is 0 Å². The molecule has 1 unspecified atom stereocenters. The summed E-state index contributed by atoms with van der Waals surface area (Å²) in [7, 11) is 0. The summed E-state index contributed by atoms with van der Waals surface area (Å²) in [6, 6.07) is 0. The van der Waals surface area contributed by atoms with Gasteiger partial charge in [-0.25, -0.2) is 0 Å². The van der Waals surface area contributed by atoms with Crippen molar-refractivity contribution in [2.45, 2.75) is 58.0 Å². The number of aliphatic hydroxyl groups is 2. The van der Waals surface area contributed by atoms with E-state index in [1.54, 1.807) is 0 Å². The van der Waals surface area contributed by atoms with E-state index in [-0.39, 0.29) is 12.7 Å². The first-order valence-corrected chi connectivity index (χ1v) is 8.37. The maximum atomic E-state index is 9.96. The molecule has 1 aliphatic carbocycles. The molecule has 0 amide bonds. The lowest BCUT2D eigenvalue weighted by Crippen LogP contribution is -2.04. The monoisotopic (exact) mass is 302 g/mol. The molecule has 0 aliphatic heterocycles. The third kappa shape index (κ3) is 8.81. The minimum Gasteiger partial charge on any atom is -0.396 e. The fraction of sp³-hybridized carbons (Fsp3) is 0.500. The zero-order valence-corrected chi connectivity index (χ0v) is 13.7. The molecule has 1 atom stereocenters. The fourth-order valence-corrected chi connectivity index (χ4v) is 2.38. The van der Waals surface area contributed by atoms with Gasteiger partial charge in [0.25, 0.3) is 0 Å². The van der Waals surface area contributed by atoms with Crippen molar-refractivity contribution in [1.29, 1.82) is 0 Å². The molecule has 0 aromatic rings. The quantitative estimate of drug-likeness (QED) is 0.642. The highest BCUT2D eigenvalue weighted by molar-refractivity contribution is 5.34. The van der Waals surface area contributed by atoms with Crippen LogP contribution in [0.15, 0.2) is 59.8 Å². The van der Waals surface area contributed by atoms with Gasteiger partial charge in [-0.15, -0.1) is 0 Å². The van der Waals surface area contributed by atoms with Crippen molar-refractivity contribution in [2.24, 2.45) is 0 Å². The smallest absolute Gasteiger partial charge is 0.0574 e. The number of hydrogen-bond acceptors (Lipinski definition) is 2. The molecule has 0 aromatic carbocycles. The molecule has 2 N–H and O–H groups in total. The molecular weight excluding hydrogens is 272 g/mol. The average molecular weight is 302 g/mol. The van der Waals surface area contributed by atoms with Crippen molar-refractivity contribution in [2.75, 3.05) is 6.61 Å². The van der Waals surface area contributed by atoms with E-state index in [1.165, 1.54) is 11.1 Å². The Balaban J connectivity index is 2.46. The highest BCUT2D eigenvalue weighted by Gasteiger charge is 2.02. The largest absolute Gasteiger partial charge is 0.396 e. The SMILES string of the molecule is CC1=C(\C=C/CC(O)CCCCCO)C/C=C\C=C/C/C=C\1. The van der Waals surface area contributed by atoms with Crippen LogP contribution in [0.25, 0.3) is 0 Å². The van der Waals surface area contributed by atoms with Crippen LogP contribution in [-0.2, 0) is 0 Å². The predicted molar refractivity (Wildman–Crippen MR) is 94.7 cm³/mol. The normalized spacial score (nSPS) is 25.0. The zero-order chi connectivity index (χ0) is 16.0. The summed E-state index contributed by atoms with van der Waals surface area (Å²) in [5.41, 5.74) is 2.59. The third-order valence-electron chi connectivity index (χ3n) is 3.79. The van der Waals surface area contributed by atoms with Gasteiger partial charge in [-0.3, -0.25) is 0 Å².